The second-order valence-electron chi connectivity index (χ2n) is 3.73. The third-order valence-electron chi connectivity index (χ3n) is 2.44. The van der Waals surface area contributed by atoms with Crippen LogP contribution >= 0.6 is 0 Å². The number of nitrogens with zero attached hydrogens (tertiary/aromatic N) is 1. The Balaban J connectivity index is 2.45. The molecule has 0 aromatic heterocycles. The second kappa shape index (κ2) is 4.30. The fraction of sp³-hybridized carbons (Fsp3) is 0.700. The van der Waals surface area contributed by atoms with Gasteiger partial charge in [-0.15, -0.1) is 0 Å². The first-order valence-electron chi connectivity index (χ1n) is 4.65. The topological polar surface area (TPSA) is 29.5 Å². The van der Waals surface area contributed by atoms with Crippen LogP contribution in [-0.2, 0) is 9.53 Å². The van der Waals surface area contributed by atoms with E-state index in [2.05, 4.69) is 23.5 Å². The Kier molecular flexibility index (Phi) is 3.34. The van der Waals surface area contributed by atoms with Gasteiger partial charge in [0, 0.05) is 24.9 Å². The van der Waals surface area contributed by atoms with Crippen LogP contribution in [-0.4, -0.2) is 30.6 Å². The lowest BCUT2D eigenvalue weighted by atomic mass is 10.1. The smallest absolute Gasteiger partial charge is 0.331 e. The van der Waals surface area contributed by atoms with Crippen LogP contribution in [0.4, 0.5) is 0 Å². The lowest BCUT2D eigenvalue weighted by molar-refractivity contribution is -0.134. The van der Waals surface area contributed by atoms with Crippen molar-refractivity contribution in [1.29, 1.82) is 0 Å². The number of carbonyl (C=O) groups excluding carboxylic acids is 1. The first-order valence-corrected chi connectivity index (χ1v) is 4.65. The van der Waals surface area contributed by atoms with Crippen LogP contribution in [0.25, 0.3) is 0 Å². The molecule has 0 aromatic rings. The zero-order valence-electron chi connectivity index (χ0n) is 8.49. The number of carbonyl (C=O) groups is 1. The largest absolute Gasteiger partial charge is 0.466 e. The van der Waals surface area contributed by atoms with E-state index in [0.29, 0.717) is 6.04 Å². The van der Waals surface area contributed by atoms with Crippen LogP contribution < -0.4 is 0 Å². The van der Waals surface area contributed by atoms with Crippen LogP contribution in [0.1, 0.15) is 20.3 Å². The van der Waals surface area contributed by atoms with E-state index < -0.39 is 0 Å². The molecule has 0 aromatic carbocycles. The van der Waals surface area contributed by atoms with Crippen molar-refractivity contribution < 1.29 is 9.53 Å². The van der Waals surface area contributed by atoms with Gasteiger partial charge >= 0.3 is 5.97 Å². The zero-order valence-corrected chi connectivity index (χ0v) is 8.49. The van der Waals surface area contributed by atoms with Gasteiger partial charge in [-0.25, -0.2) is 4.79 Å². The highest BCUT2D eigenvalue weighted by atomic mass is 16.5. The number of likely N-dealkylation sites (tertiary alicyclic amines) is 1. The monoisotopic (exact) mass is 183 g/mol. The van der Waals surface area contributed by atoms with Gasteiger partial charge in [0.25, 0.3) is 0 Å². The van der Waals surface area contributed by atoms with Crippen molar-refractivity contribution in [3.63, 3.8) is 0 Å². The summed E-state index contributed by atoms with van der Waals surface area (Å²) in [6.07, 6.45) is 4.51. The van der Waals surface area contributed by atoms with E-state index in [0.717, 1.165) is 12.5 Å². The van der Waals surface area contributed by atoms with Gasteiger partial charge in [-0.2, -0.15) is 0 Å². The summed E-state index contributed by atoms with van der Waals surface area (Å²) in [6, 6.07) is 0.538. The van der Waals surface area contributed by atoms with Crippen molar-refractivity contribution in [2.45, 2.75) is 26.3 Å². The molecule has 3 heteroatoms. The molecule has 74 valence electrons. The SMILES string of the molecule is COC(=O)/C=C/N1CC(C)CC1C. The molecule has 1 aliphatic heterocycles. The third kappa shape index (κ3) is 2.76. The minimum absolute atomic E-state index is 0.285. The Bertz CT molecular complexity index is 213. The molecule has 0 bridgehead atoms. The van der Waals surface area contributed by atoms with Gasteiger partial charge in [-0.3, -0.25) is 0 Å². The molecule has 2 atom stereocenters. The van der Waals surface area contributed by atoms with Gasteiger partial charge in [0.2, 0.25) is 0 Å². The summed E-state index contributed by atoms with van der Waals surface area (Å²) in [5, 5.41) is 0. The maximum atomic E-state index is 10.8. The first-order chi connectivity index (χ1) is 6.13. The van der Waals surface area contributed by atoms with E-state index in [9.17, 15) is 4.79 Å². The van der Waals surface area contributed by atoms with Gasteiger partial charge in [0.1, 0.15) is 0 Å². The maximum Gasteiger partial charge on any atom is 0.331 e. The average molecular weight is 183 g/mol. The van der Waals surface area contributed by atoms with Gasteiger partial charge in [-0.1, -0.05) is 6.92 Å². The highest BCUT2D eigenvalue weighted by Gasteiger charge is 2.23. The predicted molar refractivity (Wildman–Crippen MR) is 51.1 cm³/mol. The molecule has 13 heavy (non-hydrogen) atoms. The highest BCUT2D eigenvalue weighted by molar-refractivity contribution is 5.81. The minimum atomic E-state index is -0.285. The Morgan fingerprint density at radius 2 is 2.23 bits per heavy atom. The van der Waals surface area contributed by atoms with Crippen molar-refractivity contribution in [2.75, 3.05) is 13.7 Å². The van der Waals surface area contributed by atoms with Crippen molar-refractivity contribution in [3.8, 4) is 0 Å². The van der Waals surface area contributed by atoms with E-state index in [1.54, 1.807) is 0 Å². The molecule has 0 radical (unpaired) electrons. The number of hydrogen-bond acceptors (Lipinski definition) is 3. The maximum absolute atomic E-state index is 10.8. The van der Waals surface area contributed by atoms with Gasteiger partial charge in [-0.05, 0) is 19.3 Å². The second-order valence-corrected chi connectivity index (χ2v) is 3.73. The average Bonchev–Trinajstić information content (AvgIpc) is 2.41. The number of ether oxygens (including phenoxy) is 1. The van der Waals surface area contributed by atoms with Gasteiger partial charge in [0.05, 0.1) is 7.11 Å². The molecule has 0 saturated carbocycles. The summed E-state index contributed by atoms with van der Waals surface area (Å²) < 4.78 is 4.52. The Hall–Kier alpha value is -0.990. The summed E-state index contributed by atoms with van der Waals surface area (Å²) in [5.41, 5.74) is 0. The van der Waals surface area contributed by atoms with Crippen LogP contribution in [0, 0.1) is 5.92 Å². The van der Waals surface area contributed by atoms with Gasteiger partial charge in [0.15, 0.2) is 0 Å². The van der Waals surface area contributed by atoms with E-state index in [1.165, 1.54) is 19.6 Å². The normalized spacial score (nSPS) is 28.4. The molecule has 0 aliphatic carbocycles. The summed E-state index contributed by atoms with van der Waals surface area (Å²) in [4.78, 5) is 13.0. The van der Waals surface area contributed by atoms with Crippen molar-refractivity contribution in [1.82, 2.24) is 4.90 Å². The lowest BCUT2D eigenvalue weighted by Gasteiger charge is -2.17. The first kappa shape index (κ1) is 10.1. The van der Waals surface area contributed by atoms with Crippen LogP contribution in [0.15, 0.2) is 12.3 Å². The van der Waals surface area contributed by atoms with Crippen LogP contribution in [0.2, 0.25) is 0 Å². The lowest BCUT2D eigenvalue weighted by Crippen LogP contribution is -2.21. The van der Waals surface area contributed by atoms with Crippen molar-refractivity contribution >= 4 is 5.97 Å². The highest BCUT2D eigenvalue weighted by Crippen LogP contribution is 2.22. The Labute approximate surface area is 79.4 Å². The van der Waals surface area contributed by atoms with E-state index in [-0.39, 0.29) is 5.97 Å². The molecule has 2 unspecified atom stereocenters. The molecular weight excluding hydrogens is 166 g/mol. The summed E-state index contributed by atoms with van der Waals surface area (Å²) in [6.45, 7) is 5.43. The van der Waals surface area contributed by atoms with Gasteiger partial charge < -0.3 is 9.64 Å². The number of hydrogen-bond donors (Lipinski definition) is 0. The van der Waals surface area contributed by atoms with E-state index in [1.807, 2.05) is 6.20 Å². The molecule has 1 aliphatic rings. The van der Waals surface area contributed by atoms with Crippen molar-refractivity contribution in [3.05, 3.63) is 12.3 Å². The van der Waals surface area contributed by atoms with Crippen LogP contribution in [0.5, 0.6) is 0 Å². The molecule has 3 nitrogen and oxygen atoms in total. The number of esters is 1. The standard InChI is InChI=1S/C10H17NO2/c1-8-6-9(2)11(7-8)5-4-10(12)13-3/h4-5,8-9H,6-7H2,1-3H3/b5-4+. The Morgan fingerprint density at radius 1 is 1.54 bits per heavy atom. The quantitative estimate of drug-likeness (QED) is 0.479. The molecule has 0 N–H and O–H groups in total. The van der Waals surface area contributed by atoms with E-state index >= 15 is 0 Å². The van der Waals surface area contributed by atoms with Crippen molar-refractivity contribution in [2.24, 2.45) is 5.92 Å². The summed E-state index contributed by atoms with van der Waals surface area (Å²) >= 11 is 0. The predicted octanol–water partition coefficient (Wildman–Crippen LogP) is 1.40. The molecule has 0 spiro atoms. The molecule has 1 fully saturated rings. The molecule has 1 heterocycles. The molecule has 1 rings (SSSR count). The molecule has 0 amide bonds. The van der Waals surface area contributed by atoms with E-state index in [4.69, 9.17) is 0 Å². The van der Waals surface area contributed by atoms with Crippen LogP contribution in [0.3, 0.4) is 0 Å². The minimum Gasteiger partial charge on any atom is -0.466 e. The number of rotatable bonds is 2. The fourth-order valence-corrected chi connectivity index (χ4v) is 1.76. The zero-order chi connectivity index (χ0) is 9.84. The summed E-state index contributed by atoms with van der Waals surface area (Å²) in [5.74, 6) is 0.434. The summed E-state index contributed by atoms with van der Waals surface area (Å²) in [7, 11) is 1.39. The Morgan fingerprint density at radius 3 is 2.69 bits per heavy atom. The molecular formula is C10H17NO2. The fourth-order valence-electron chi connectivity index (χ4n) is 1.76. The third-order valence-corrected chi connectivity index (χ3v) is 2.44. The number of methoxy groups -OCH3 is 1. The molecule has 1 saturated heterocycles.